The largest absolute Gasteiger partial charge is 0.495 e. The molecule has 0 saturated heterocycles. The van der Waals surface area contributed by atoms with Gasteiger partial charge in [0.1, 0.15) is 5.75 Å². The molecule has 4 heteroatoms. The molecule has 0 heterocycles. The zero-order chi connectivity index (χ0) is 11.4. The van der Waals surface area contributed by atoms with E-state index in [0.717, 1.165) is 5.56 Å². The number of carbonyl (C=O) groups excluding carboxylic acids is 2. The Balaban J connectivity index is 2.97. The van der Waals surface area contributed by atoms with E-state index in [2.05, 4.69) is 5.32 Å². The Kier molecular flexibility index (Phi) is 3.44. The van der Waals surface area contributed by atoms with Crippen LogP contribution < -0.4 is 10.1 Å². The van der Waals surface area contributed by atoms with E-state index in [0.29, 0.717) is 11.4 Å². The van der Waals surface area contributed by atoms with E-state index in [9.17, 15) is 9.59 Å². The minimum atomic E-state index is -0.640. The number of rotatable bonds is 3. The van der Waals surface area contributed by atoms with Gasteiger partial charge in [-0.3, -0.25) is 9.59 Å². The van der Waals surface area contributed by atoms with E-state index in [1.54, 1.807) is 12.1 Å². The average Bonchev–Trinajstić information content (AvgIpc) is 2.18. The lowest BCUT2D eigenvalue weighted by Gasteiger charge is -2.09. The first kappa shape index (κ1) is 11.2. The Morgan fingerprint density at radius 3 is 2.53 bits per heavy atom. The van der Waals surface area contributed by atoms with Crippen LogP contribution >= 0.6 is 0 Å². The van der Waals surface area contributed by atoms with Crippen molar-refractivity contribution in [2.24, 2.45) is 0 Å². The summed E-state index contributed by atoms with van der Waals surface area (Å²) in [6.45, 7) is 3.11. The zero-order valence-electron chi connectivity index (χ0n) is 8.96. The summed E-state index contributed by atoms with van der Waals surface area (Å²) < 4.78 is 5.05. The lowest BCUT2D eigenvalue weighted by atomic mass is 10.2. The van der Waals surface area contributed by atoms with Crippen molar-refractivity contribution in [2.45, 2.75) is 13.8 Å². The van der Waals surface area contributed by atoms with Crippen molar-refractivity contribution in [1.29, 1.82) is 0 Å². The maximum atomic E-state index is 11.2. The number of benzene rings is 1. The summed E-state index contributed by atoms with van der Waals surface area (Å²) in [5, 5.41) is 2.49. The predicted molar refractivity (Wildman–Crippen MR) is 57.0 cm³/mol. The van der Waals surface area contributed by atoms with Gasteiger partial charge in [-0.15, -0.1) is 0 Å². The van der Waals surface area contributed by atoms with Gasteiger partial charge in [0.15, 0.2) is 0 Å². The summed E-state index contributed by atoms with van der Waals surface area (Å²) in [4.78, 5) is 22.0. The number of hydrogen-bond acceptors (Lipinski definition) is 3. The summed E-state index contributed by atoms with van der Waals surface area (Å²) in [5.74, 6) is -0.632. The number of aryl methyl sites for hydroxylation is 1. The van der Waals surface area contributed by atoms with Crippen molar-refractivity contribution < 1.29 is 14.3 Å². The molecule has 1 aromatic rings. The summed E-state index contributed by atoms with van der Waals surface area (Å²) in [6.07, 6.45) is 0. The van der Waals surface area contributed by atoms with E-state index in [1.165, 1.54) is 14.0 Å². The van der Waals surface area contributed by atoms with Gasteiger partial charge in [0.05, 0.1) is 12.8 Å². The number of anilines is 1. The third kappa shape index (κ3) is 2.80. The number of ether oxygens (including phenoxy) is 1. The normalized spacial score (nSPS) is 9.53. The van der Waals surface area contributed by atoms with Gasteiger partial charge in [0, 0.05) is 6.92 Å². The monoisotopic (exact) mass is 207 g/mol. The molecular formula is C11H13NO3. The molecule has 0 bridgehead atoms. The Bertz CT molecular complexity index is 399. The molecule has 15 heavy (non-hydrogen) atoms. The molecule has 0 aliphatic rings. The molecule has 4 nitrogen and oxygen atoms in total. The molecular weight excluding hydrogens is 194 g/mol. The Labute approximate surface area is 88.2 Å². The fourth-order valence-electron chi connectivity index (χ4n) is 1.13. The van der Waals surface area contributed by atoms with Crippen molar-refractivity contribution in [1.82, 2.24) is 0 Å². The van der Waals surface area contributed by atoms with Crippen molar-refractivity contribution in [3.8, 4) is 5.75 Å². The fourth-order valence-corrected chi connectivity index (χ4v) is 1.13. The van der Waals surface area contributed by atoms with Crippen LogP contribution in [0.3, 0.4) is 0 Å². The van der Waals surface area contributed by atoms with Crippen molar-refractivity contribution >= 4 is 17.4 Å². The molecule has 1 amide bonds. The third-order valence-electron chi connectivity index (χ3n) is 1.92. The molecule has 0 aliphatic heterocycles. The standard InChI is InChI=1S/C11H13NO3/c1-7-4-5-10(15-3)9(6-7)12-11(14)8(2)13/h4-6H,1-3H3,(H,12,14). The maximum Gasteiger partial charge on any atom is 0.291 e. The summed E-state index contributed by atoms with van der Waals surface area (Å²) in [7, 11) is 1.51. The van der Waals surface area contributed by atoms with Crippen LogP contribution in [0.1, 0.15) is 12.5 Å². The predicted octanol–water partition coefficient (Wildman–Crippen LogP) is 1.53. The van der Waals surface area contributed by atoms with Gasteiger partial charge < -0.3 is 10.1 Å². The smallest absolute Gasteiger partial charge is 0.291 e. The number of amides is 1. The van der Waals surface area contributed by atoms with Gasteiger partial charge in [-0.25, -0.2) is 0 Å². The SMILES string of the molecule is COc1ccc(C)cc1NC(=O)C(C)=O. The highest BCUT2D eigenvalue weighted by Gasteiger charge is 2.10. The first-order valence-electron chi connectivity index (χ1n) is 4.51. The summed E-state index contributed by atoms with van der Waals surface area (Å²) >= 11 is 0. The molecule has 1 aromatic carbocycles. The van der Waals surface area contributed by atoms with Gasteiger partial charge >= 0.3 is 0 Å². The Hall–Kier alpha value is -1.84. The molecule has 80 valence electrons. The van der Waals surface area contributed by atoms with Crippen LogP contribution in [0.5, 0.6) is 5.75 Å². The first-order chi connectivity index (χ1) is 7.04. The quantitative estimate of drug-likeness (QED) is 0.765. The van der Waals surface area contributed by atoms with Gasteiger partial charge in [-0.1, -0.05) is 6.07 Å². The second-order valence-corrected chi connectivity index (χ2v) is 3.21. The molecule has 0 radical (unpaired) electrons. The zero-order valence-corrected chi connectivity index (χ0v) is 8.96. The third-order valence-corrected chi connectivity index (χ3v) is 1.92. The van der Waals surface area contributed by atoms with E-state index >= 15 is 0 Å². The molecule has 0 saturated carbocycles. The highest BCUT2D eigenvalue weighted by molar-refractivity contribution is 6.39. The average molecular weight is 207 g/mol. The van der Waals surface area contributed by atoms with Gasteiger partial charge in [0.2, 0.25) is 5.78 Å². The molecule has 1 rings (SSSR count). The number of hydrogen-bond donors (Lipinski definition) is 1. The molecule has 0 aromatic heterocycles. The topological polar surface area (TPSA) is 55.4 Å². The van der Waals surface area contributed by atoms with Gasteiger partial charge in [-0.05, 0) is 24.6 Å². The number of ketones is 1. The second kappa shape index (κ2) is 4.59. The van der Waals surface area contributed by atoms with Crippen LogP contribution in [0.15, 0.2) is 18.2 Å². The van der Waals surface area contributed by atoms with Crippen LogP contribution in [-0.4, -0.2) is 18.8 Å². The highest BCUT2D eigenvalue weighted by Crippen LogP contribution is 2.24. The number of methoxy groups -OCH3 is 1. The number of nitrogens with one attached hydrogen (secondary N) is 1. The van der Waals surface area contributed by atoms with Gasteiger partial charge in [-0.2, -0.15) is 0 Å². The van der Waals surface area contributed by atoms with Crippen molar-refractivity contribution in [3.63, 3.8) is 0 Å². The number of carbonyl (C=O) groups is 2. The summed E-state index contributed by atoms with van der Waals surface area (Å²) in [5.41, 5.74) is 1.49. The second-order valence-electron chi connectivity index (χ2n) is 3.21. The van der Waals surface area contributed by atoms with Crippen LogP contribution in [0.2, 0.25) is 0 Å². The van der Waals surface area contributed by atoms with E-state index in [1.807, 2.05) is 13.0 Å². The Morgan fingerprint density at radius 1 is 1.33 bits per heavy atom. The summed E-state index contributed by atoms with van der Waals surface area (Å²) in [6, 6.07) is 5.35. The lowest BCUT2D eigenvalue weighted by molar-refractivity contribution is -0.133. The molecule has 0 fully saturated rings. The van der Waals surface area contributed by atoms with Crippen LogP contribution in [-0.2, 0) is 9.59 Å². The maximum absolute atomic E-state index is 11.2. The molecule has 0 aliphatic carbocycles. The highest BCUT2D eigenvalue weighted by atomic mass is 16.5. The lowest BCUT2D eigenvalue weighted by Crippen LogP contribution is -2.20. The Morgan fingerprint density at radius 2 is 2.00 bits per heavy atom. The number of Topliss-reactive ketones (excluding diaryl/α,β-unsaturated/α-hetero) is 1. The van der Waals surface area contributed by atoms with Gasteiger partial charge in [0.25, 0.3) is 5.91 Å². The van der Waals surface area contributed by atoms with Crippen molar-refractivity contribution in [2.75, 3.05) is 12.4 Å². The molecule has 0 atom stereocenters. The van der Waals surface area contributed by atoms with Crippen molar-refractivity contribution in [3.05, 3.63) is 23.8 Å². The minimum Gasteiger partial charge on any atom is -0.495 e. The van der Waals surface area contributed by atoms with Crippen LogP contribution in [0.25, 0.3) is 0 Å². The fraction of sp³-hybridized carbons (Fsp3) is 0.273. The first-order valence-corrected chi connectivity index (χ1v) is 4.51. The van der Waals surface area contributed by atoms with Crippen LogP contribution in [0.4, 0.5) is 5.69 Å². The van der Waals surface area contributed by atoms with Crippen LogP contribution in [0, 0.1) is 6.92 Å². The minimum absolute atomic E-state index is 0.512. The molecule has 1 N–H and O–H groups in total. The molecule has 0 unspecified atom stereocenters. The van der Waals surface area contributed by atoms with E-state index in [4.69, 9.17) is 4.74 Å². The molecule has 0 spiro atoms. The van der Waals surface area contributed by atoms with E-state index in [-0.39, 0.29) is 0 Å². The van der Waals surface area contributed by atoms with E-state index < -0.39 is 11.7 Å².